The first kappa shape index (κ1) is 12.0. The molecule has 1 fully saturated rings. The van der Waals surface area contributed by atoms with Gasteiger partial charge in [0.15, 0.2) is 0 Å². The Labute approximate surface area is 89.1 Å². The van der Waals surface area contributed by atoms with E-state index in [0.717, 1.165) is 12.5 Å². The van der Waals surface area contributed by atoms with Crippen LogP contribution in [-0.4, -0.2) is 37.1 Å². The third-order valence-electron chi connectivity index (χ3n) is 3.15. The molecule has 1 aliphatic heterocycles. The Morgan fingerprint density at radius 1 is 1.43 bits per heavy atom. The van der Waals surface area contributed by atoms with Crippen LogP contribution in [0.5, 0.6) is 0 Å². The SMILES string of the molecule is CCCC1CCN(CC(C)NCC)C1. The molecule has 1 N–H and O–H groups in total. The molecule has 1 aliphatic rings. The van der Waals surface area contributed by atoms with E-state index < -0.39 is 0 Å². The Morgan fingerprint density at radius 3 is 2.86 bits per heavy atom. The predicted molar refractivity (Wildman–Crippen MR) is 62.6 cm³/mol. The molecule has 0 aromatic rings. The Kier molecular flexibility index (Phi) is 5.49. The summed E-state index contributed by atoms with van der Waals surface area (Å²) in [7, 11) is 0. The second-order valence-corrected chi connectivity index (χ2v) is 4.66. The van der Waals surface area contributed by atoms with Gasteiger partial charge >= 0.3 is 0 Å². The highest BCUT2D eigenvalue weighted by Crippen LogP contribution is 2.20. The van der Waals surface area contributed by atoms with Gasteiger partial charge in [-0.2, -0.15) is 0 Å². The number of rotatable bonds is 6. The first-order valence-electron chi connectivity index (χ1n) is 6.22. The summed E-state index contributed by atoms with van der Waals surface area (Å²) in [4.78, 5) is 2.62. The Bertz CT molecular complexity index is 147. The van der Waals surface area contributed by atoms with Gasteiger partial charge in [-0.25, -0.2) is 0 Å². The maximum atomic E-state index is 3.48. The minimum Gasteiger partial charge on any atom is -0.313 e. The summed E-state index contributed by atoms with van der Waals surface area (Å²) < 4.78 is 0. The van der Waals surface area contributed by atoms with E-state index in [2.05, 4.69) is 31.0 Å². The molecule has 2 heteroatoms. The van der Waals surface area contributed by atoms with E-state index in [0.29, 0.717) is 6.04 Å². The van der Waals surface area contributed by atoms with Gasteiger partial charge in [-0.05, 0) is 38.8 Å². The van der Waals surface area contributed by atoms with Gasteiger partial charge in [-0.3, -0.25) is 0 Å². The molecule has 0 amide bonds. The summed E-state index contributed by atoms with van der Waals surface area (Å²) in [5.41, 5.74) is 0. The molecule has 0 saturated carbocycles. The highest BCUT2D eigenvalue weighted by atomic mass is 15.2. The summed E-state index contributed by atoms with van der Waals surface area (Å²) in [6.45, 7) is 11.7. The summed E-state index contributed by atoms with van der Waals surface area (Å²) >= 11 is 0. The molecule has 0 radical (unpaired) electrons. The number of nitrogens with one attached hydrogen (secondary N) is 1. The first-order chi connectivity index (χ1) is 6.76. The van der Waals surface area contributed by atoms with Gasteiger partial charge in [0.05, 0.1) is 0 Å². The van der Waals surface area contributed by atoms with Crippen LogP contribution in [0.15, 0.2) is 0 Å². The fraction of sp³-hybridized carbons (Fsp3) is 1.00. The van der Waals surface area contributed by atoms with Gasteiger partial charge in [-0.1, -0.05) is 20.3 Å². The molecule has 84 valence electrons. The lowest BCUT2D eigenvalue weighted by Gasteiger charge is -2.21. The predicted octanol–water partition coefficient (Wildman–Crippen LogP) is 2.11. The van der Waals surface area contributed by atoms with Crippen molar-refractivity contribution in [1.82, 2.24) is 10.2 Å². The molecule has 1 saturated heterocycles. The smallest absolute Gasteiger partial charge is 0.0166 e. The number of nitrogens with zero attached hydrogens (tertiary/aromatic N) is 1. The fourth-order valence-corrected chi connectivity index (χ4v) is 2.52. The lowest BCUT2D eigenvalue weighted by Crippen LogP contribution is -2.38. The van der Waals surface area contributed by atoms with Crippen LogP contribution in [0.2, 0.25) is 0 Å². The van der Waals surface area contributed by atoms with Crippen molar-refractivity contribution in [2.75, 3.05) is 26.2 Å². The fourth-order valence-electron chi connectivity index (χ4n) is 2.52. The second-order valence-electron chi connectivity index (χ2n) is 4.66. The number of hydrogen-bond acceptors (Lipinski definition) is 2. The average molecular weight is 198 g/mol. The van der Waals surface area contributed by atoms with Crippen molar-refractivity contribution >= 4 is 0 Å². The second kappa shape index (κ2) is 6.41. The monoisotopic (exact) mass is 198 g/mol. The van der Waals surface area contributed by atoms with E-state index in [1.807, 2.05) is 0 Å². The van der Waals surface area contributed by atoms with Crippen molar-refractivity contribution in [2.24, 2.45) is 5.92 Å². The van der Waals surface area contributed by atoms with Crippen LogP contribution >= 0.6 is 0 Å². The maximum absolute atomic E-state index is 3.48. The van der Waals surface area contributed by atoms with E-state index in [1.54, 1.807) is 0 Å². The summed E-state index contributed by atoms with van der Waals surface area (Å²) in [5, 5.41) is 3.48. The normalized spacial score (nSPS) is 25.5. The van der Waals surface area contributed by atoms with Gasteiger partial charge in [0.2, 0.25) is 0 Å². The number of hydrogen-bond donors (Lipinski definition) is 1. The number of likely N-dealkylation sites (tertiary alicyclic amines) is 1. The van der Waals surface area contributed by atoms with Crippen LogP contribution in [0.1, 0.15) is 40.0 Å². The van der Waals surface area contributed by atoms with E-state index in [9.17, 15) is 0 Å². The van der Waals surface area contributed by atoms with Crippen LogP contribution in [-0.2, 0) is 0 Å². The van der Waals surface area contributed by atoms with Gasteiger partial charge in [0, 0.05) is 19.1 Å². The zero-order chi connectivity index (χ0) is 10.4. The summed E-state index contributed by atoms with van der Waals surface area (Å²) in [6, 6.07) is 0.653. The van der Waals surface area contributed by atoms with E-state index >= 15 is 0 Å². The molecule has 0 aliphatic carbocycles. The topological polar surface area (TPSA) is 15.3 Å². The summed E-state index contributed by atoms with van der Waals surface area (Å²) in [6.07, 6.45) is 4.19. The van der Waals surface area contributed by atoms with Crippen molar-refractivity contribution in [3.8, 4) is 0 Å². The molecule has 0 bridgehead atoms. The quantitative estimate of drug-likeness (QED) is 0.703. The van der Waals surface area contributed by atoms with Gasteiger partial charge < -0.3 is 10.2 Å². The van der Waals surface area contributed by atoms with Crippen molar-refractivity contribution in [3.05, 3.63) is 0 Å². The van der Waals surface area contributed by atoms with Crippen LogP contribution in [0.4, 0.5) is 0 Å². The van der Waals surface area contributed by atoms with E-state index in [4.69, 9.17) is 0 Å². The molecule has 0 aromatic heterocycles. The molecule has 0 aromatic carbocycles. The zero-order valence-corrected chi connectivity index (χ0v) is 10.1. The molecule has 1 rings (SSSR count). The lowest BCUT2D eigenvalue weighted by atomic mass is 10.0. The maximum Gasteiger partial charge on any atom is 0.0166 e. The van der Waals surface area contributed by atoms with Gasteiger partial charge in [0.1, 0.15) is 0 Å². The van der Waals surface area contributed by atoms with E-state index in [1.165, 1.54) is 38.9 Å². The third-order valence-corrected chi connectivity index (χ3v) is 3.15. The summed E-state index contributed by atoms with van der Waals surface area (Å²) in [5.74, 6) is 0.980. The largest absolute Gasteiger partial charge is 0.313 e. The minimum atomic E-state index is 0.653. The zero-order valence-electron chi connectivity index (χ0n) is 10.1. The molecule has 0 spiro atoms. The molecule has 14 heavy (non-hydrogen) atoms. The highest BCUT2D eigenvalue weighted by molar-refractivity contribution is 4.77. The molecular weight excluding hydrogens is 172 g/mol. The number of likely N-dealkylation sites (N-methyl/N-ethyl adjacent to an activating group) is 1. The van der Waals surface area contributed by atoms with Crippen molar-refractivity contribution in [2.45, 2.75) is 46.1 Å². The van der Waals surface area contributed by atoms with Crippen molar-refractivity contribution in [3.63, 3.8) is 0 Å². The Hall–Kier alpha value is -0.0800. The third kappa shape index (κ3) is 3.97. The van der Waals surface area contributed by atoms with Crippen molar-refractivity contribution in [1.29, 1.82) is 0 Å². The molecular formula is C12H26N2. The molecule has 2 unspecified atom stereocenters. The Morgan fingerprint density at radius 2 is 2.21 bits per heavy atom. The van der Waals surface area contributed by atoms with E-state index in [-0.39, 0.29) is 0 Å². The standard InChI is InChI=1S/C12H26N2/c1-4-6-12-7-8-14(10-12)9-11(3)13-5-2/h11-13H,4-10H2,1-3H3. The minimum absolute atomic E-state index is 0.653. The Balaban J connectivity index is 2.15. The van der Waals surface area contributed by atoms with Crippen LogP contribution < -0.4 is 5.32 Å². The van der Waals surface area contributed by atoms with Gasteiger partial charge in [0.25, 0.3) is 0 Å². The molecule has 2 nitrogen and oxygen atoms in total. The van der Waals surface area contributed by atoms with Crippen LogP contribution in [0.25, 0.3) is 0 Å². The van der Waals surface area contributed by atoms with Gasteiger partial charge in [-0.15, -0.1) is 0 Å². The lowest BCUT2D eigenvalue weighted by molar-refractivity contribution is 0.287. The first-order valence-corrected chi connectivity index (χ1v) is 6.22. The molecule has 1 heterocycles. The highest BCUT2D eigenvalue weighted by Gasteiger charge is 2.22. The van der Waals surface area contributed by atoms with Crippen LogP contribution in [0, 0.1) is 5.92 Å². The average Bonchev–Trinajstić information content (AvgIpc) is 2.53. The van der Waals surface area contributed by atoms with Crippen molar-refractivity contribution < 1.29 is 0 Å². The van der Waals surface area contributed by atoms with Crippen LogP contribution in [0.3, 0.4) is 0 Å². The molecule has 2 atom stereocenters.